The maximum Gasteiger partial charge on any atom is 0.251 e. The third-order valence-corrected chi connectivity index (χ3v) is 7.26. The predicted octanol–water partition coefficient (Wildman–Crippen LogP) is 7.01. The molecule has 0 unspecified atom stereocenters. The topological polar surface area (TPSA) is 60.1 Å². The van der Waals surface area contributed by atoms with Gasteiger partial charge in [0.15, 0.2) is 0 Å². The van der Waals surface area contributed by atoms with E-state index in [1.54, 1.807) is 24.3 Å². The molecule has 4 heteroatoms. The number of hydrogen-bond donors (Lipinski definition) is 3. The number of phenols is 2. The zero-order valence-electron chi connectivity index (χ0n) is 21.3. The fourth-order valence-corrected chi connectivity index (χ4v) is 5.14. The first kappa shape index (κ1) is 25.9. The molecule has 0 fully saturated rings. The number of aromatic hydroxyl groups is 2. The lowest BCUT2D eigenvalue weighted by molar-refractivity contribution is -0.676. The van der Waals surface area contributed by atoms with E-state index in [1.807, 2.05) is 0 Å². The van der Waals surface area contributed by atoms with Crippen molar-refractivity contribution in [3.05, 3.63) is 77.4 Å². The van der Waals surface area contributed by atoms with Crippen LogP contribution in [0.2, 0.25) is 0 Å². The van der Waals surface area contributed by atoms with Gasteiger partial charge < -0.3 is 10.2 Å². The summed E-state index contributed by atoms with van der Waals surface area (Å²) in [6, 6.07) is 15.4. The van der Waals surface area contributed by atoms with Crippen LogP contribution in [0.3, 0.4) is 0 Å². The highest BCUT2D eigenvalue weighted by molar-refractivity contribution is 5.44. The first-order chi connectivity index (χ1) is 16.4. The highest BCUT2D eigenvalue weighted by Gasteiger charge is 2.36. The summed E-state index contributed by atoms with van der Waals surface area (Å²) < 4.78 is 2.13. The number of rotatable bonds is 14. The molecule has 0 aliphatic heterocycles. The van der Waals surface area contributed by atoms with Gasteiger partial charge in [-0.2, -0.15) is 0 Å². The van der Waals surface area contributed by atoms with E-state index < -0.39 is 0 Å². The number of aromatic amines is 1. The number of hydrogen-bond acceptors (Lipinski definition) is 2. The lowest BCUT2D eigenvalue weighted by atomic mass is 9.68. The lowest BCUT2D eigenvalue weighted by Gasteiger charge is -2.35. The summed E-state index contributed by atoms with van der Waals surface area (Å²) in [6.07, 6.45) is 15.7. The third-order valence-electron chi connectivity index (χ3n) is 7.26. The van der Waals surface area contributed by atoms with Crippen molar-refractivity contribution < 1.29 is 14.8 Å². The van der Waals surface area contributed by atoms with Gasteiger partial charge in [-0.3, -0.25) is 0 Å². The Morgan fingerprint density at radius 3 is 1.65 bits per heavy atom. The zero-order valence-corrected chi connectivity index (χ0v) is 21.3. The molecule has 0 atom stereocenters. The van der Waals surface area contributed by atoms with E-state index in [1.165, 1.54) is 68.2 Å². The molecule has 0 aliphatic carbocycles. The molecule has 1 aromatic heterocycles. The molecule has 3 rings (SSSR count). The molecule has 1 heterocycles. The molecule has 0 saturated heterocycles. The largest absolute Gasteiger partial charge is 0.508 e. The van der Waals surface area contributed by atoms with Crippen LogP contribution in [0.5, 0.6) is 11.5 Å². The van der Waals surface area contributed by atoms with Crippen molar-refractivity contribution in [2.75, 3.05) is 0 Å². The molecule has 0 aliphatic rings. The van der Waals surface area contributed by atoms with E-state index in [2.05, 4.69) is 60.9 Å². The molecule has 3 N–H and O–H groups in total. The van der Waals surface area contributed by atoms with Gasteiger partial charge in [-0.05, 0) is 41.8 Å². The van der Waals surface area contributed by atoms with Gasteiger partial charge in [0.1, 0.15) is 23.4 Å². The average Bonchev–Trinajstić information content (AvgIpc) is 3.14. The quantitative estimate of drug-likeness (QED) is 0.178. The molecule has 0 spiro atoms. The number of H-pyrrole nitrogens is 1. The van der Waals surface area contributed by atoms with Gasteiger partial charge >= 0.3 is 0 Å². The van der Waals surface area contributed by atoms with E-state index in [0.717, 1.165) is 25.1 Å². The first-order valence-corrected chi connectivity index (χ1v) is 13.1. The third kappa shape index (κ3) is 6.88. The molecule has 0 radical (unpaired) electrons. The predicted molar refractivity (Wildman–Crippen MR) is 139 cm³/mol. The van der Waals surface area contributed by atoms with E-state index in [-0.39, 0.29) is 16.9 Å². The number of imidazole rings is 1. The minimum absolute atomic E-state index is 0.243. The normalized spacial score (nSPS) is 11.7. The standard InChI is InChI=1S/C30H42N2O2/c1-4-5-6-7-8-9-10-11-12-21-30(25-13-17-28(33)18-14-25,26-15-19-29(34)20-16-26)22-27-23-32(3)24(2)31-27/h13-20,23,33-34H,4-12,21-22H2,1-3H3/p+1. The van der Waals surface area contributed by atoms with Gasteiger partial charge in [0, 0.05) is 18.8 Å². The second kappa shape index (κ2) is 12.6. The van der Waals surface area contributed by atoms with E-state index in [4.69, 9.17) is 0 Å². The Balaban J connectivity index is 1.83. The summed E-state index contributed by atoms with van der Waals surface area (Å²) in [7, 11) is 2.07. The van der Waals surface area contributed by atoms with Crippen LogP contribution < -0.4 is 4.57 Å². The van der Waals surface area contributed by atoms with Gasteiger partial charge in [-0.1, -0.05) is 89.0 Å². The first-order valence-electron chi connectivity index (χ1n) is 13.1. The summed E-state index contributed by atoms with van der Waals surface area (Å²) in [4.78, 5) is 3.56. The second-order valence-electron chi connectivity index (χ2n) is 9.91. The minimum Gasteiger partial charge on any atom is -0.508 e. The van der Waals surface area contributed by atoms with Crippen LogP contribution in [0.15, 0.2) is 54.7 Å². The van der Waals surface area contributed by atoms with Crippen molar-refractivity contribution in [2.45, 2.75) is 89.9 Å². The fourth-order valence-electron chi connectivity index (χ4n) is 5.14. The van der Waals surface area contributed by atoms with Crippen LogP contribution in [0.4, 0.5) is 0 Å². The Hall–Kier alpha value is -2.75. The maximum atomic E-state index is 9.97. The van der Waals surface area contributed by atoms with Crippen LogP contribution >= 0.6 is 0 Å². The Morgan fingerprint density at radius 1 is 0.735 bits per heavy atom. The van der Waals surface area contributed by atoms with Gasteiger partial charge in [0.05, 0.1) is 7.05 Å². The van der Waals surface area contributed by atoms with Gasteiger partial charge in [0.2, 0.25) is 0 Å². The Kier molecular flexibility index (Phi) is 9.62. The molecular weight excluding hydrogens is 420 g/mol. The number of nitrogens with zero attached hydrogens (tertiary/aromatic N) is 1. The number of phenolic OH excluding ortho intramolecular Hbond substituents is 2. The Morgan fingerprint density at radius 2 is 1.21 bits per heavy atom. The molecular formula is C30H43N2O2+. The average molecular weight is 464 g/mol. The summed E-state index contributed by atoms with van der Waals surface area (Å²) >= 11 is 0. The lowest BCUT2D eigenvalue weighted by Crippen LogP contribution is -2.31. The fraction of sp³-hybridized carbons (Fsp3) is 0.500. The molecule has 0 amide bonds. The number of unbranched alkanes of at least 4 members (excludes halogenated alkanes) is 8. The smallest absolute Gasteiger partial charge is 0.251 e. The molecule has 3 aromatic rings. The van der Waals surface area contributed by atoms with Crippen LogP contribution in [-0.4, -0.2) is 15.2 Å². The van der Waals surface area contributed by atoms with Crippen LogP contribution in [0.25, 0.3) is 0 Å². The molecule has 34 heavy (non-hydrogen) atoms. The molecule has 0 bridgehead atoms. The maximum absolute atomic E-state index is 9.97. The Bertz CT molecular complexity index is 925. The monoisotopic (exact) mass is 463 g/mol. The van der Waals surface area contributed by atoms with Crippen LogP contribution in [-0.2, 0) is 18.9 Å². The highest BCUT2D eigenvalue weighted by Crippen LogP contribution is 2.41. The second-order valence-corrected chi connectivity index (χ2v) is 9.91. The summed E-state index contributed by atoms with van der Waals surface area (Å²) in [6.45, 7) is 4.36. The van der Waals surface area contributed by atoms with Crippen LogP contribution in [0, 0.1) is 6.92 Å². The Labute approximate surface area is 205 Å². The zero-order chi connectivity index (χ0) is 24.4. The van der Waals surface area contributed by atoms with Crippen molar-refractivity contribution in [1.29, 1.82) is 0 Å². The van der Waals surface area contributed by atoms with Crippen molar-refractivity contribution in [3.63, 3.8) is 0 Å². The number of benzene rings is 2. The highest BCUT2D eigenvalue weighted by atomic mass is 16.3. The molecule has 0 saturated carbocycles. The minimum atomic E-state index is -0.243. The summed E-state index contributed by atoms with van der Waals surface area (Å²) in [5, 5.41) is 19.9. The van der Waals surface area contributed by atoms with Gasteiger partial charge in [-0.15, -0.1) is 0 Å². The van der Waals surface area contributed by atoms with E-state index in [0.29, 0.717) is 0 Å². The summed E-state index contributed by atoms with van der Waals surface area (Å²) in [5.41, 5.74) is 3.35. The SMILES string of the molecule is CCCCCCCCCCCC(Cc1c[n+](C)c(C)[nH]1)(c1ccc(O)cc1)c1ccc(O)cc1. The van der Waals surface area contributed by atoms with Crippen molar-refractivity contribution in [3.8, 4) is 11.5 Å². The van der Waals surface area contributed by atoms with Crippen molar-refractivity contribution in [2.24, 2.45) is 7.05 Å². The number of aryl methyl sites for hydroxylation is 2. The van der Waals surface area contributed by atoms with E-state index in [9.17, 15) is 10.2 Å². The summed E-state index contributed by atoms with van der Waals surface area (Å²) in [5.74, 6) is 1.70. The molecule has 184 valence electrons. The van der Waals surface area contributed by atoms with Gasteiger partial charge in [-0.25, -0.2) is 9.55 Å². The van der Waals surface area contributed by atoms with E-state index >= 15 is 0 Å². The van der Waals surface area contributed by atoms with Crippen molar-refractivity contribution >= 4 is 0 Å². The van der Waals surface area contributed by atoms with Crippen LogP contribution in [0.1, 0.15) is 93.8 Å². The van der Waals surface area contributed by atoms with Crippen molar-refractivity contribution in [1.82, 2.24) is 4.98 Å². The molecule has 2 aromatic carbocycles. The van der Waals surface area contributed by atoms with Gasteiger partial charge in [0.25, 0.3) is 5.82 Å². The number of aromatic nitrogens is 2. The molecule has 4 nitrogen and oxygen atoms in total. The number of nitrogens with one attached hydrogen (secondary N) is 1.